The van der Waals surface area contributed by atoms with Gasteiger partial charge in [0.1, 0.15) is 6.10 Å². The fourth-order valence-corrected chi connectivity index (χ4v) is 9.11. The number of amides is 1. The molecule has 0 aliphatic heterocycles. The van der Waals surface area contributed by atoms with Crippen molar-refractivity contribution in [2.45, 2.75) is 334 Å². The van der Waals surface area contributed by atoms with Gasteiger partial charge in [0, 0.05) is 6.42 Å². The second-order valence-electron chi connectivity index (χ2n) is 20.1. The molecule has 0 heterocycles. The Hall–Kier alpha value is -1.66. The Balaban J connectivity index is 4.52. The summed E-state index contributed by atoms with van der Waals surface area (Å²) in [5.41, 5.74) is 0. The molecule has 1 amide bonds. The SMILES string of the molecule is CCCCC/C=C\C/C=C\CCCCCCCC(CC(=O)NC(CO)C(O)CCCCCCCCCCCCCCC)OC(=O)CCCCCCCCCCCCCCCCCCCC. The van der Waals surface area contributed by atoms with Gasteiger partial charge in [-0.3, -0.25) is 9.59 Å². The first-order chi connectivity index (χ1) is 32.0. The number of esters is 1. The van der Waals surface area contributed by atoms with Crippen LogP contribution in [0.1, 0.15) is 316 Å². The predicted molar refractivity (Wildman–Crippen MR) is 283 cm³/mol. The smallest absolute Gasteiger partial charge is 0.306 e. The Morgan fingerprint density at radius 1 is 0.446 bits per heavy atom. The second kappa shape index (κ2) is 53.3. The van der Waals surface area contributed by atoms with Gasteiger partial charge < -0.3 is 20.3 Å². The van der Waals surface area contributed by atoms with Crippen LogP contribution in [-0.2, 0) is 14.3 Å². The fourth-order valence-electron chi connectivity index (χ4n) is 9.11. The molecule has 0 saturated carbocycles. The summed E-state index contributed by atoms with van der Waals surface area (Å²) < 4.78 is 5.96. The highest BCUT2D eigenvalue weighted by Crippen LogP contribution is 2.19. The van der Waals surface area contributed by atoms with Crippen molar-refractivity contribution < 1.29 is 24.5 Å². The second-order valence-corrected chi connectivity index (χ2v) is 20.1. The fraction of sp³-hybridized carbons (Fsp3) is 0.898. The van der Waals surface area contributed by atoms with Gasteiger partial charge >= 0.3 is 5.97 Å². The minimum Gasteiger partial charge on any atom is -0.462 e. The molecule has 6 nitrogen and oxygen atoms in total. The number of carbonyl (C=O) groups is 2. The molecule has 3 N–H and O–H groups in total. The van der Waals surface area contributed by atoms with Gasteiger partial charge in [-0.05, 0) is 57.8 Å². The lowest BCUT2D eigenvalue weighted by molar-refractivity contribution is -0.151. The maximum absolute atomic E-state index is 13.3. The first-order valence-corrected chi connectivity index (χ1v) is 29.1. The molecule has 384 valence electrons. The topological polar surface area (TPSA) is 95.9 Å². The molecule has 0 radical (unpaired) electrons. The molecule has 0 saturated heterocycles. The molecule has 0 aromatic heterocycles. The van der Waals surface area contributed by atoms with E-state index in [4.69, 9.17) is 4.74 Å². The zero-order valence-electron chi connectivity index (χ0n) is 43.9. The number of unbranched alkanes of at least 4 members (excludes halogenated alkanes) is 37. The molecule has 0 bridgehead atoms. The molecule has 3 unspecified atom stereocenters. The maximum atomic E-state index is 13.3. The van der Waals surface area contributed by atoms with Crippen LogP contribution in [0.4, 0.5) is 0 Å². The standard InChI is InChI=1S/C59H113NO5/c1-4-7-10-13-16-19-22-25-27-28-29-31-34-37-40-43-46-49-52-59(64)65-55(50-47-44-41-38-35-33-30-26-23-20-17-14-11-8-5-2)53-58(63)60-56(54-61)57(62)51-48-45-42-39-36-32-24-21-18-15-12-9-6-3/h17,20,26,30,55-57,61-62H,4-16,18-19,21-25,27-29,31-54H2,1-3H3,(H,60,63)/b20-17-,30-26-. The number of hydrogen-bond acceptors (Lipinski definition) is 5. The van der Waals surface area contributed by atoms with E-state index >= 15 is 0 Å². The highest BCUT2D eigenvalue weighted by Gasteiger charge is 2.24. The van der Waals surface area contributed by atoms with Gasteiger partial charge in [0.15, 0.2) is 0 Å². The third kappa shape index (κ3) is 48.6. The number of ether oxygens (including phenoxy) is 1. The van der Waals surface area contributed by atoms with E-state index in [9.17, 15) is 19.8 Å². The van der Waals surface area contributed by atoms with Crippen molar-refractivity contribution in [3.8, 4) is 0 Å². The van der Waals surface area contributed by atoms with Crippen LogP contribution >= 0.6 is 0 Å². The van der Waals surface area contributed by atoms with Gasteiger partial charge in [0.2, 0.25) is 5.91 Å². The number of allylic oxidation sites excluding steroid dienone is 4. The number of aliphatic hydroxyl groups is 2. The first-order valence-electron chi connectivity index (χ1n) is 29.1. The monoisotopic (exact) mass is 916 g/mol. The van der Waals surface area contributed by atoms with Gasteiger partial charge in [-0.1, -0.05) is 270 Å². The van der Waals surface area contributed by atoms with E-state index in [-0.39, 0.29) is 24.9 Å². The van der Waals surface area contributed by atoms with E-state index in [1.54, 1.807) is 0 Å². The number of carbonyl (C=O) groups excluding carboxylic acids is 2. The number of aliphatic hydroxyl groups excluding tert-OH is 2. The molecule has 0 aliphatic carbocycles. The van der Waals surface area contributed by atoms with Gasteiger partial charge in [-0.2, -0.15) is 0 Å². The maximum Gasteiger partial charge on any atom is 0.306 e. The molecule has 0 aromatic rings. The average Bonchev–Trinajstić information content (AvgIpc) is 3.30. The highest BCUT2D eigenvalue weighted by molar-refractivity contribution is 5.77. The molecular formula is C59H113NO5. The van der Waals surface area contributed by atoms with Crippen LogP contribution < -0.4 is 5.32 Å². The van der Waals surface area contributed by atoms with Crippen molar-refractivity contribution in [3.05, 3.63) is 24.3 Å². The summed E-state index contributed by atoms with van der Waals surface area (Å²) in [7, 11) is 0. The summed E-state index contributed by atoms with van der Waals surface area (Å²) in [6.45, 7) is 6.49. The normalized spacial score (nSPS) is 13.2. The number of hydrogen-bond donors (Lipinski definition) is 3. The molecule has 0 spiro atoms. The summed E-state index contributed by atoms with van der Waals surface area (Å²) in [5, 5.41) is 23.9. The van der Waals surface area contributed by atoms with E-state index < -0.39 is 18.2 Å². The zero-order chi connectivity index (χ0) is 47.4. The van der Waals surface area contributed by atoms with E-state index in [1.165, 1.54) is 205 Å². The van der Waals surface area contributed by atoms with Crippen molar-refractivity contribution in [3.63, 3.8) is 0 Å². The first kappa shape index (κ1) is 63.3. The van der Waals surface area contributed by atoms with Gasteiger partial charge in [-0.15, -0.1) is 0 Å². The summed E-state index contributed by atoms with van der Waals surface area (Å²) >= 11 is 0. The molecule has 6 heteroatoms. The Morgan fingerprint density at radius 3 is 1.20 bits per heavy atom. The largest absolute Gasteiger partial charge is 0.462 e. The molecule has 65 heavy (non-hydrogen) atoms. The van der Waals surface area contributed by atoms with Gasteiger partial charge in [-0.25, -0.2) is 0 Å². The molecule has 0 rings (SSSR count). The minimum atomic E-state index is -0.788. The summed E-state index contributed by atoms with van der Waals surface area (Å²) in [6.07, 6.45) is 62.4. The molecule has 0 fully saturated rings. The predicted octanol–water partition coefficient (Wildman–Crippen LogP) is 17.9. The van der Waals surface area contributed by atoms with Crippen LogP contribution in [0.25, 0.3) is 0 Å². The van der Waals surface area contributed by atoms with Crippen LogP contribution in [0.2, 0.25) is 0 Å². The average molecular weight is 917 g/mol. The van der Waals surface area contributed by atoms with Crippen LogP contribution in [0, 0.1) is 0 Å². The van der Waals surface area contributed by atoms with Crippen LogP contribution in [0.15, 0.2) is 24.3 Å². The Labute approximate surface area is 405 Å². The summed E-state index contributed by atoms with van der Waals surface area (Å²) in [6, 6.07) is -0.702. The molecule has 0 aliphatic rings. The van der Waals surface area contributed by atoms with Crippen molar-refractivity contribution in [1.82, 2.24) is 5.32 Å². The van der Waals surface area contributed by atoms with Crippen molar-refractivity contribution >= 4 is 11.9 Å². The minimum absolute atomic E-state index is 0.0741. The van der Waals surface area contributed by atoms with Gasteiger partial charge in [0.25, 0.3) is 0 Å². The third-order valence-electron chi connectivity index (χ3n) is 13.5. The highest BCUT2D eigenvalue weighted by atomic mass is 16.5. The summed E-state index contributed by atoms with van der Waals surface area (Å²) in [5.74, 6) is -0.468. The van der Waals surface area contributed by atoms with Crippen LogP contribution in [0.3, 0.4) is 0 Å². The van der Waals surface area contributed by atoms with Crippen molar-refractivity contribution in [2.75, 3.05) is 6.61 Å². The van der Waals surface area contributed by atoms with Crippen molar-refractivity contribution in [1.29, 1.82) is 0 Å². The van der Waals surface area contributed by atoms with E-state index in [0.29, 0.717) is 19.3 Å². The van der Waals surface area contributed by atoms with E-state index in [2.05, 4.69) is 50.4 Å². The van der Waals surface area contributed by atoms with E-state index in [1.807, 2.05) is 0 Å². The lowest BCUT2D eigenvalue weighted by Gasteiger charge is -2.24. The zero-order valence-corrected chi connectivity index (χ0v) is 43.9. The number of nitrogens with one attached hydrogen (secondary N) is 1. The Morgan fingerprint density at radius 2 is 0.785 bits per heavy atom. The molecular weight excluding hydrogens is 803 g/mol. The van der Waals surface area contributed by atoms with E-state index in [0.717, 1.165) is 64.2 Å². The molecule has 3 atom stereocenters. The van der Waals surface area contributed by atoms with Crippen LogP contribution in [-0.4, -0.2) is 46.9 Å². The number of rotatable bonds is 53. The summed E-state index contributed by atoms with van der Waals surface area (Å²) in [4.78, 5) is 26.3. The lowest BCUT2D eigenvalue weighted by atomic mass is 10.0. The van der Waals surface area contributed by atoms with Crippen molar-refractivity contribution in [2.24, 2.45) is 0 Å². The Bertz CT molecular complexity index is 1030. The lowest BCUT2D eigenvalue weighted by Crippen LogP contribution is -2.46. The van der Waals surface area contributed by atoms with Gasteiger partial charge in [0.05, 0.1) is 25.2 Å². The third-order valence-corrected chi connectivity index (χ3v) is 13.5. The molecule has 0 aromatic carbocycles. The quantitative estimate of drug-likeness (QED) is 0.0321. The Kier molecular flexibility index (Phi) is 51.9. The van der Waals surface area contributed by atoms with Crippen LogP contribution in [0.5, 0.6) is 0 Å².